The van der Waals surface area contributed by atoms with Crippen LogP contribution in [0.25, 0.3) is 0 Å². The molecular weight excluding hydrogens is 270 g/mol. The molecule has 2 rings (SSSR count). The highest BCUT2D eigenvalue weighted by molar-refractivity contribution is 9.10. The van der Waals surface area contributed by atoms with E-state index in [0.29, 0.717) is 6.61 Å². The summed E-state index contributed by atoms with van der Waals surface area (Å²) >= 11 is 3.42. The lowest BCUT2D eigenvalue weighted by Crippen LogP contribution is -2.38. The predicted octanol–water partition coefficient (Wildman–Crippen LogP) is 2.59. The highest BCUT2D eigenvalue weighted by atomic mass is 79.9. The van der Waals surface area contributed by atoms with Gasteiger partial charge in [0.15, 0.2) is 11.5 Å². The lowest BCUT2D eigenvalue weighted by molar-refractivity contribution is 0.0905. The Labute approximate surface area is 104 Å². The highest BCUT2D eigenvalue weighted by Crippen LogP contribution is 2.33. The van der Waals surface area contributed by atoms with E-state index >= 15 is 0 Å². The normalized spacial score (nSPS) is 18.5. The summed E-state index contributed by atoms with van der Waals surface area (Å²) in [6.07, 6.45) is 1.24. The second kappa shape index (κ2) is 5.55. The first-order valence-corrected chi connectivity index (χ1v) is 6.38. The minimum Gasteiger partial charge on any atom is -0.486 e. The van der Waals surface area contributed by atoms with Crippen LogP contribution in [-0.4, -0.2) is 25.8 Å². The van der Waals surface area contributed by atoms with Crippen LogP contribution in [0.2, 0.25) is 0 Å². The molecule has 0 saturated heterocycles. The van der Waals surface area contributed by atoms with E-state index in [9.17, 15) is 0 Å². The van der Waals surface area contributed by atoms with Crippen LogP contribution >= 0.6 is 15.9 Å². The number of benzene rings is 1. The fourth-order valence-corrected chi connectivity index (χ4v) is 1.97. The summed E-state index contributed by atoms with van der Waals surface area (Å²) in [6.45, 7) is 4.62. The molecule has 1 aromatic carbocycles. The monoisotopic (exact) mass is 285 g/mol. The average Bonchev–Trinajstić information content (AvgIpc) is 2.29. The number of hydrogen-bond donors (Lipinski definition) is 1. The van der Waals surface area contributed by atoms with Crippen molar-refractivity contribution in [1.29, 1.82) is 0 Å². The summed E-state index contributed by atoms with van der Waals surface area (Å²) in [4.78, 5) is 0. The standard InChI is InChI=1S/C12H16BrNO2/c1-2-5-14-7-10-8-15-11-4-3-9(13)6-12(11)16-10/h3-4,6,10,14H,2,5,7-8H2,1H3/t10-/m0/s1. The summed E-state index contributed by atoms with van der Waals surface area (Å²) < 4.78 is 12.5. The minimum atomic E-state index is 0.105. The van der Waals surface area contributed by atoms with Crippen molar-refractivity contribution in [3.8, 4) is 11.5 Å². The van der Waals surface area contributed by atoms with Gasteiger partial charge in [0.2, 0.25) is 0 Å². The van der Waals surface area contributed by atoms with Gasteiger partial charge in [0, 0.05) is 11.0 Å². The zero-order chi connectivity index (χ0) is 11.4. The Hall–Kier alpha value is -0.740. The lowest BCUT2D eigenvalue weighted by Gasteiger charge is -2.26. The average molecular weight is 286 g/mol. The van der Waals surface area contributed by atoms with Crippen LogP contribution in [0, 0.1) is 0 Å². The first kappa shape index (κ1) is 11.7. The molecule has 0 saturated carbocycles. The fourth-order valence-electron chi connectivity index (χ4n) is 1.63. The molecule has 1 aromatic rings. The molecule has 1 aliphatic rings. The maximum Gasteiger partial charge on any atom is 0.162 e. The third-order valence-electron chi connectivity index (χ3n) is 2.42. The molecule has 1 aliphatic heterocycles. The largest absolute Gasteiger partial charge is 0.486 e. The zero-order valence-electron chi connectivity index (χ0n) is 9.33. The van der Waals surface area contributed by atoms with Gasteiger partial charge in [0.25, 0.3) is 0 Å². The second-order valence-electron chi connectivity index (χ2n) is 3.85. The molecule has 4 heteroatoms. The summed E-state index contributed by atoms with van der Waals surface area (Å²) in [5.74, 6) is 1.65. The van der Waals surface area contributed by atoms with Crippen LogP contribution in [0.15, 0.2) is 22.7 Å². The zero-order valence-corrected chi connectivity index (χ0v) is 10.9. The summed E-state index contributed by atoms with van der Waals surface area (Å²) in [6, 6.07) is 5.83. The highest BCUT2D eigenvalue weighted by Gasteiger charge is 2.20. The first-order chi connectivity index (χ1) is 7.79. The number of hydrogen-bond acceptors (Lipinski definition) is 3. The van der Waals surface area contributed by atoms with Crippen LogP contribution in [0.3, 0.4) is 0 Å². The number of ether oxygens (including phenoxy) is 2. The summed E-state index contributed by atoms with van der Waals surface area (Å²) in [5.41, 5.74) is 0. The fraction of sp³-hybridized carbons (Fsp3) is 0.500. The third kappa shape index (κ3) is 2.89. The molecule has 0 bridgehead atoms. The number of rotatable bonds is 4. The van der Waals surface area contributed by atoms with Gasteiger partial charge >= 0.3 is 0 Å². The van der Waals surface area contributed by atoms with Crippen molar-refractivity contribution in [3.63, 3.8) is 0 Å². The SMILES string of the molecule is CCCNC[C@H]1COc2ccc(Br)cc2O1. The van der Waals surface area contributed by atoms with Gasteiger partial charge in [-0.25, -0.2) is 0 Å². The molecule has 0 aromatic heterocycles. The third-order valence-corrected chi connectivity index (χ3v) is 2.92. The number of fused-ring (bicyclic) bond motifs is 1. The van der Waals surface area contributed by atoms with E-state index in [-0.39, 0.29) is 6.10 Å². The molecule has 0 spiro atoms. The van der Waals surface area contributed by atoms with Crippen LogP contribution in [0.1, 0.15) is 13.3 Å². The maximum atomic E-state index is 5.84. The topological polar surface area (TPSA) is 30.5 Å². The van der Waals surface area contributed by atoms with E-state index in [4.69, 9.17) is 9.47 Å². The Morgan fingerprint density at radius 3 is 3.12 bits per heavy atom. The van der Waals surface area contributed by atoms with Crippen molar-refractivity contribution in [3.05, 3.63) is 22.7 Å². The van der Waals surface area contributed by atoms with Crippen LogP contribution in [-0.2, 0) is 0 Å². The van der Waals surface area contributed by atoms with E-state index in [2.05, 4.69) is 28.2 Å². The van der Waals surface area contributed by atoms with Gasteiger partial charge < -0.3 is 14.8 Å². The van der Waals surface area contributed by atoms with Gasteiger partial charge in [-0.1, -0.05) is 22.9 Å². The smallest absolute Gasteiger partial charge is 0.162 e. The van der Waals surface area contributed by atoms with Gasteiger partial charge in [0.1, 0.15) is 12.7 Å². The minimum absolute atomic E-state index is 0.105. The Bertz CT molecular complexity index is 357. The van der Waals surface area contributed by atoms with Crippen LogP contribution in [0.4, 0.5) is 0 Å². The van der Waals surface area contributed by atoms with Crippen molar-refractivity contribution in [2.24, 2.45) is 0 Å². The Kier molecular flexibility index (Phi) is 4.07. The van der Waals surface area contributed by atoms with Crippen molar-refractivity contribution in [1.82, 2.24) is 5.32 Å². The first-order valence-electron chi connectivity index (χ1n) is 5.59. The number of halogens is 1. The molecule has 1 N–H and O–H groups in total. The lowest BCUT2D eigenvalue weighted by atomic mass is 10.2. The predicted molar refractivity (Wildman–Crippen MR) is 67.2 cm³/mol. The van der Waals surface area contributed by atoms with Gasteiger partial charge in [-0.15, -0.1) is 0 Å². The van der Waals surface area contributed by atoms with E-state index in [0.717, 1.165) is 35.5 Å². The van der Waals surface area contributed by atoms with Crippen molar-refractivity contribution >= 4 is 15.9 Å². The Morgan fingerprint density at radius 1 is 1.44 bits per heavy atom. The van der Waals surface area contributed by atoms with Gasteiger partial charge in [-0.05, 0) is 31.2 Å². The van der Waals surface area contributed by atoms with Crippen LogP contribution < -0.4 is 14.8 Å². The van der Waals surface area contributed by atoms with Gasteiger partial charge in [-0.2, -0.15) is 0 Å². The molecule has 0 radical (unpaired) electrons. The summed E-state index contributed by atoms with van der Waals surface area (Å²) in [5, 5.41) is 3.33. The second-order valence-corrected chi connectivity index (χ2v) is 4.76. The molecule has 0 amide bonds. The Balaban J connectivity index is 1.94. The maximum absolute atomic E-state index is 5.84. The number of nitrogens with one attached hydrogen (secondary N) is 1. The van der Waals surface area contributed by atoms with Gasteiger partial charge in [0.05, 0.1) is 0 Å². The van der Waals surface area contributed by atoms with E-state index in [1.165, 1.54) is 0 Å². The molecule has 1 heterocycles. The Morgan fingerprint density at radius 2 is 2.31 bits per heavy atom. The molecule has 0 aliphatic carbocycles. The van der Waals surface area contributed by atoms with E-state index < -0.39 is 0 Å². The van der Waals surface area contributed by atoms with E-state index in [1.54, 1.807) is 0 Å². The molecule has 3 nitrogen and oxygen atoms in total. The van der Waals surface area contributed by atoms with Crippen molar-refractivity contribution in [2.45, 2.75) is 19.4 Å². The van der Waals surface area contributed by atoms with Crippen LogP contribution in [0.5, 0.6) is 11.5 Å². The molecular formula is C12H16BrNO2. The quantitative estimate of drug-likeness (QED) is 0.863. The molecule has 0 unspecified atom stereocenters. The van der Waals surface area contributed by atoms with Gasteiger partial charge in [-0.3, -0.25) is 0 Å². The molecule has 0 fully saturated rings. The summed E-state index contributed by atoms with van der Waals surface area (Å²) in [7, 11) is 0. The van der Waals surface area contributed by atoms with E-state index in [1.807, 2.05) is 18.2 Å². The molecule has 1 atom stereocenters. The molecule has 16 heavy (non-hydrogen) atoms. The van der Waals surface area contributed by atoms with Crippen molar-refractivity contribution < 1.29 is 9.47 Å². The van der Waals surface area contributed by atoms with Crippen molar-refractivity contribution in [2.75, 3.05) is 19.7 Å². The molecule has 88 valence electrons.